The van der Waals surface area contributed by atoms with Crippen LogP contribution in [0.2, 0.25) is 5.02 Å². The highest BCUT2D eigenvalue weighted by Gasteiger charge is 2.03. The third kappa shape index (κ3) is 2.28. The van der Waals surface area contributed by atoms with Crippen molar-refractivity contribution < 1.29 is 4.74 Å². The van der Waals surface area contributed by atoms with Gasteiger partial charge in [-0.25, -0.2) is 0 Å². The SMILES string of the molecule is COc1ccccc1Nc1ccccc1Cl. The Bertz CT molecular complexity index is 485. The molecular formula is C13H12ClNO. The maximum absolute atomic E-state index is 6.07. The Morgan fingerprint density at radius 3 is 2.25 bits per heavy atom. The molecule has 0 radical (unpaired) electrons. The van der Waals surface area contributed by atoms with E-state index < -0.39 is 0 Å². The third-order valence-electron chi connectivity index (χ3n) is 2.25. The molecule has 82 valence electrons. The van der Waals surface area contributed by atoms with Crippen LogP contribution in [0.4, 0.5) is 11.4 Å². The van der Waals surface area contributed by atoms with Crippen LogP contribution < -0.4 is 10.1 Å². The van der Waals surface area contributed by atoms with E-state index in [2.05, 4.69) is 5.32 Å². The van der Waals surface area contributed by atoms with Crippen molar-refractivity contribution in [2.75, 3.05) is 12.4 Å². The van der Waals surface area contributed by atoms with E-state index in [-0.39, 0.29) is 0 Å². The summed E-state index contributed by atoms with van der Waals surface area (Å²) in [6.45, 7) is 0. The molecule has 2 aromatic rings. The zero-order chi connectivity index (χ0) is 11.4. The molecule has 0 aliphatic rings. The number of halogens is 1. The fourth-order valence-corrected chi connectivity index (χ4v) is 1.64. The first-order valence-corrected chi connectivity index (χ1v) is 5.33. The molecule has 3 heteroatoms. The van der Waals surface area contributed by atoms with Crippen molar-refractivity contribution in [1.29, 1.82) is 0 Å². The van der Waals surface area contributed by atoms with Gasteiger partial charge in [0.2, 0.25) is 0 Å². The van der Waals surface area contributed by atoms with E-state index in [1.165, 1.54) is 0 Å². The van der Waals surface area contributed by atoms with Crippen molar-refractivity contribution in [2.24, 2.45) is 0 Å². The Morgan fingerprint density at radius 2 is 1.56 bits per heavy atom. The molecule has 0 fully saturated rings. The second-order valence-electron chi connectivity index (χ2n) is 3.31. The van der Waals surface area contributed by atoms with Gasteiger partial charge < -0.3 is 10.1 Å². The maximum atomic E-state index is 6.07. The molecule has 0 amide bonds. The molecule has 2 aromatic carbocycles. The monoisotopic (exact) mass is 233 g/mol. The Kier molecular flexibility index (Phi) is 3.32. The van der Waals surface area contributed by atoms with Crippen molar-refractivity contribution in [1.82, 2.24) is 0 Å². The van der Waals surface area contributed by atoms with Gasteiger partial charge in [0.25, 0.3) is 0 Å². The van der Waals surface area contributed by atoms with E-state index in [0.717, 1.165) is 17.1 Å². The summed E-state index contributed by atoms with van der Waals surface area (Å²) < 4.78 is 5.25. The van der Waals surface area contributed by atoms with Crippen LogP contribution in [-0.4, -0.2) is 7.11 Å². The van der Waals surface area contributed by atoms with E-state index in [1.54, 1.807) is 7.11 Å². The zero-order valence-corrected chi connectivity index (χ0v) is 9.66. The van der Waals surface area contributed by atoms with Crippen molar-refractivity contribution in [3.8, 4) is 5.75 Å². The molecular weight excluding hydrogens is 222 g/mol. The first kappa shape index (κ1) is 10.8. The lowest BCUT2D eigenvalue weighted by atomic mass is 10.2. The first-order valence-electron chi connectivity index (χ1n) is 4.96. The van der Waals surface area contributed by atoms with Gasteiger partial charge in [0, 0.05) is 0 Å². The van der Waals surface area contributed by atoms with Gasteiger partial charge in [0.05, 0.1) is 23.5 Å². The van der Waals surface area contributed by atoms with Crippen LogP contribution in [0.25, 0.3) is 0 Å². The number of para-hydroxylation sites is 3. The van der Waals surface area contributed by atoms with Gasteiger partial charge in [-0.05, 0) is 24.3 Å². The molecule has 0 spiro atoms. The Morgan fingerprint density at radius 1 is 0.938 bits per heavy atom. The minimum Gasteiger partial charge on any atom is -0.495 e. The summed E-state index contributed by atoms with van der Waals surface area (Å²) >= 11 is 6.07. The van der Waals surface area contributed by atoms with E-state index in [0.29, 0.717) is 5.02 Å². The summed E-state index contributed by atoms with van der Waals surface area (Å²) in [4.78, 5) is 0. The topological polar surface area (TPSA) is 21.3 Å². The summed E-state index contributed by atoms with van der Waals surface area (Å²) in [6, 6.07) is 15.3. The second-order valence-corrected chi connectivity index (χ2v) is 3.71. The van der Waals surface area contributed by atoms with E-state index >= 15 is 0 Å². The van der Waals surface area contributed by atoms with Crippen LogP contribution in [0.3, 0.4) is 0 Å². The van der Waals surface area contributed by atoms with Crippen molar-refractivity contribution in [3.05, 3.63) is 53.6 Å². The largest absolute Gasteiger partial charge is 0.495 e. The lowest BCUT2D eigenvalue weighted by Crippen LogP contribution is -1.94. The van der Waals surface area contributed by atoms with Gasteiger partial charge in [0.1, 0.15) is 5.75 Å². The normalized spacial score (nSPS) is 9.88. The van der Waals surface area contributed by atoms with E-state index in [9.17, 15) is 0 Å². The highest BCUT2D eigenvalue weighted by molar-refractivity contribution is 6.33. The maximum Gasteiger partial charge on any atom is 0.142 e. The fraction of sp³-hybridized carbons (Fsp3) is 0.0769. The number of methoxy groups -OCH3 is 1. The first-order chi connectivity index (χ1) is 7.81. The molecule has 0 saturated carbocycles. The van der Waals surface area contributed by atoms with Crippen molar-refractivity contribution in [2.45, 2.75) is 0 Å². The molecule has 0 bridgehead atoms. The third-order valence-corrected chi connectivity index (χ3v) is 2.58. The molecule has 0 heterocycles. The molecule has 0 aliphatic heterocycles. The molecule has 0 unspecified atom stereocenters. The van der Waals surface area contributed by atoms with Gasteiger partial charge >= 0.3 is 0 Å². The van der Waals surface area contributed by atoms with Gasteiger partial charge in [-0.3, -0.25) is 0 Å². The Labute approximate surface area is 99.8 Å². The number of hydrogen-bond donors (Lipinski definition) is 1. The standard InChI is InChI=1S/C13H12ClNO/c1-16-13-9-5-4-8-12(13)15-11-7-3-2-6-10(11)14/h2-9,15H,1H3. The van der Waals surface area contributed by atoms with Gasteiger partial charge in [-0.2, -0.15) is 0 Å². The fourth-order valence-electron chi connectivity index (χ4n) is 1.46. The lowest BCUT2D eigenvalue weighted by Gasteiger charge is -2.11. The minimum absolute atomic E-state index is 0.688. The number of ether oxygens (including phenoxy) is 1. The number of hydrogen-bond acceptors (Lipinski definition) is 2. The predicted molar refractivity (Wildman–Crippen MR) is 67.7 cm³/mol. The highest BCUT2D eigenvalue weighted by atomic mass is 35.5. The average molecular weight is 234 g/mol. The smallest absolute Gasteiger partial charge is 0.142 e. The van der Waals surface area contributed by atoms with Crippen LogP contribution >= 0.6 is 11.6 Å². The summed E-state index contributed by atoms with van der Waals surface area (Å²) in [5.74, 6) is 0.794. The number of nitrogens with one attached hydrogen (secondary N) is 1. The second kappa shape index (κ2) is 4.90. The van der Waals surface area contributed by atoms with Crippen molar-refractivity contribution >= 4 is 23.0 Å². The molecule has 0 saturated heterocycles. The highest BCUT2D eigenvalue weighted by Crippen LogP contribution is 2.30. The van der Waals surface area contributed by atoms with Crippen LogP contribution in [-0.2, 0) is 0 Å². The molecule has 2 nitrogen and oxygen atoms in total. The van der Waals surface area contributed by atoms with E-state index in [4.69, 9.17) is 16.3 Å². The van der Waals surface area contributed by atoms with Gasteiger partial charge in [-0.15, -0.1) is 0 Å². The summed E-state index contributed by atoms with van der Waals surface area (Å²) in [5.41, 5.74) is 1.77. The van der Waals surface area contributed by atoms with Crippen molar-refractivity contribution in [3.63, 3.8) is 0 Å². The van der Waals surface area contributed by atoms with Crippen LogP contribution in [0.1, 0.15) is 0 Å². The quantitative estimate of drug-likeness (QED) is 0.862. The summed E-state index contributed by atoms with van der Waals surface area (Å²) in [6.07, 6.45) is 0. The van der Waals surface area contributed by atoms with Crippen LogP contribution in [0.15, 0.2) is 48.5 Å². The average Bonchev–Trinajstić information content (AvgIpc) is 2.33. The number of rotatable bonds is 3. The Hall–Kier alpha value is -1.67. The molecule has 2 rings (SSSR count). The molecule has 1 N–H and O–H groups in total. The minimum atomic E-state index is 0.688. The Balaban J connectivity index is 2.30. The summed E-state index contributed by atoms with van der Waals surface area (Å²) in [7, 11) is 1.65. The lowest BCUT2D eigenvalue weighted by molar-refractivity contribution is 0.417. The van der Waals surface area contributed by atoms with Gasteiger partial charge in [0.15, 0.2) is 0 Å². The molecule has 0 aliphatic carbocycles. The van der Waals surface area contributed by atoms with Crippen LogP contribution in [0, 0.1) is 0 Å². The number of benzene rings is 2. The zero-order valence-electron chi connectivity index (χ0n) is 8.91. The number of anilines is 2. The predicted octanol–water partition coefficient (Wildman–Crippen LogP) is 4.09. The van der Waals surface area contributed by atoms with Crippen LogP contribution in [0.5, 0.6) is 5.75 Å². The van der Waals surface area contributed by atoms with E-state index in [1.807, 2.05) is 48.5 Å². The molecule has 16 heavy (non-hydrogen) atoms. The summed E-state index contributed by atoms with van der Waals surface area (Å²) in [5, 5.41) is 3.92. The molecule has 0 aromatic heterocycles. The van der Waals surface area contributed by atoms with Gasteiger partial charge in [-0.1, -0.05) is 35.9 Å². The molecule has 0 atom stereocenters.